The van der Waals surface area contributed by atoms with Crippen LogP contribution in [0.25, 0.3) is 0 Å². The van der Waals surface area contributed by atoms with Gasteiger partial charge in [0.15, 0.2) is 6.23 Å². The summed E-state index contributed by atoms with van der Waals surface area (Å²) >= 11 is 0. The van der Waals surface area contributed by atoms with E-state index in [1.54, 1.807) is 4.90 Å². The molecule has 2 fully saturated rings. The van der Waals surface area contributed by atoms with Gasteiger partial charge in [0.25, 0.3) is 0 Å². The fourth-order valence-corrected chi connectivity index (χ4v) is 2.43. The van der Waals surface area contributed by atoms with Crippen molar-refractivity contribution in [3.05, 3.63) is 35.9 Å². The van der Waals surface area contributed by atoms with Crippen LogP contribution in [-0.4, -0.2) is 34.7 Å². The van der Waals surface area contributed by atoms with Crippen LogP contribution in [0.5, 0.6) is 0 Å². The zero-order valence-electron chi connectivity index (χ0n) is 8.74. The van der Waals surface area contributed by atoms with E-state index in [0.29, 0.717) is 6.61 Å². The molecule has 0 spiro atoms. The van der Waals surface area contributed by atoms with Gasteiger partial charge in [0.1, 0.15) is 0 Å². The Morgan fingerprint density at radius 2 is 2.06 bits per heavy atom. The van der Waals surface area contributed by atoms with E-state index in [9.17, 15) is 9.90 Å². The van der Waals surface area contributed by atoms with Crippen LogP contribution in [0.2, 0.25) is 0 Å². The lowest BCUT2D eigenvalue weighted by Crippen LogP contribution is -2.34. The molecule has 1 N–H and O–H groups in total. The molecule has 1 aromatic rings. The molecule has 84 valence electrons. The fourth-order valence-electron chi connectivity index (χ4n) is 2.43. The predicted octanol–water partition coefficient (Wildman–Crippen LogP) is 0.677. The van der Waals surface area contributed by atoms with Crippen LogP contribution in [-0.2, 0) is 9.53 Å². The van der Waals surface area contributed by atoms with Gasteiger partial charge in [-0.3, -0.25) is 4.79 Å². The molecule has 1 aromatic carbocycles. The predicted molar refractivity (Wildman–Crippen MR) is 56.4 cm³/mol. The van der Waals surface area contributed by atoms with Gasteiger partial charge in [-0.25, -0.2) is 0 Å². The molecule has 0 aliphatic carbocycles. The largest absolute Gasteiger partial charge is 0.390 e. The highest BCUT2D eigenvalue weighted by Gasteiger charge is 2.48. The van der Waals surface area contributed by atoms with E-state index in [2.05, 4.69) is 0 Å². The van der Waals surface area contributed by atoms with Gasteiger partial charge in [-0.1, -0.05) is 30.3 Å². The quantitative estimate of drug-likeness (QED) is 0.755. The van der Waals surface area contributed by atoms with Crippen molar-refractivity contribution in [2.75, 3.05) is 6.61 Å². The first-order valence-electron chi connectivity index (χ1n) is 5.43. The summed E-state index contributed by atoms with van der Waals surface area (Å²) in [5.74, 6) is -0.0242. The molecule has 2 aliphatic rings. The smallest absolute Gasteiger partial charge is 0.227 e. The van der Waals surface area contributed by atoms with Crippen LogP contribution in [0.15, 0.2) is 30.3 Å². The molecular weight excluding hydrogens is 206 g/mol. The lowest BCUT2D eigenvalue weighted by atomic mass is 10.2. The molecule has 0 bridgehead atoms. The normalized spacial score (nSPS) is 33.2. The molecule has 4 heteroatoms. The lowest BCUT2D eigenvalue weighted by molar-refractivity contribution is -0.134. The number of hydrogen-bond acceptors (Lipinski definition) is 3. The highest BCUT2D eigenvalue weighted by atomic mass is 16.5. The van der Waals surface area contributed by atoms with E-state index >= 15 is 0 Å². The number of aliphatic hydroxyl groups is 1. The van der Waals surface area contributed by atoms with Gasteiger partial charge in [0.05, 0.1) is 25.2 Å². The van der Waals surface area contributed by atoms with Crippen molar-refractivity contribution in [2.24, 2.45) is 0 Å². The minimum atomic E-state index is -0.582. The Morgan fingerprint density at radius 1 is 1.31 bits per heavy atom. The second kappa shape index (κ2) is 3.57. The average Bonchev–Trinajstić information content (AvgIpc) is 2.84. The summed E-state index contributed by atoms with van der Waals surface area (Å²) in [5.41, 5.74) is 0.965. The first-order chi connectivity index (χ1) is 7.77. The van der Waals surface area contributed by atoms with Gasteiger partial charge >= 0.3 is 0 Å². The molecule has 3 atom stereocenters. The van der Waals surface area contributed by atoms with Crippen LogP contribution in [0, 0.1) is 0 Å². The molecular formula is C12H13NO3. The number of carbonyl (C=O) groups is 1. The molecule has 1 unspecified atom stereocenters. The number of aliphatic hydroxyl groups excluding tert-OH is 1. The minimum Gasteiger partial charge on any atom is -0.390 e. The van der Waals surface area contributed by atoms with E-state index in [0.717, 1.165) is 5.56 Å². The number of carbonyl (C=O) groups excluding carboxylic acids is 1. The summed E-state index contributed by atoms with van der Waals surface area (Å²) in [6, 6.07) is 9.47. The van der Waals surface area contributed by atoms with Gasteiger partial charge in [0.2, 0.25) is 5.91 Å². The first kappa shape index (κ1) is 9.81. The summed E-state index contributed by atoms with van der Waals surface area (Å²) in [7, 11) is 0. The summed E-state index contributed by atoms with van der Waals surface area (Å²) in [6.45, 7) is 0.423. The van der Waals surface area contributed by atoms with Crippen molar-refractivity contribution in [2.45, 2.75) is 24.8 Å². The van der Waals surface area contributed by atoms with Crippen LogP contribution in [0.3, 0.4) is 0 Å². The minimum absolute atomic E-state index is 0.0242. The van der Waals surface area contributed by atoms with Crippen molar-refractivity contribution >= 4 is 5.91 Å². The van der Waals surface area contributed by atoms with Crippen molar-refractivity contribution in [1.29, 1.82) is 0 Å². The summed E-state index contributed by atoms with van der Waals surface area (Å²) in [4.78, 5) is 13.4. The molecule has 4 nitrogen and oxygen atoms in total. The van der Waals surface area contributed by atoms with Crippen LogP contribution >= 0.6 is 0 Å². The van der Waals surface area contributed by atoms with Gasteiger partial charge in [-0.05, 0) is 0 Å². The highest BCUT2D eigenvalue weighted by Crippen LogP contribution is 2.37. The second-order valence-electron chi connectivity index (χ2n) is 4.24. The fraction of sp³-hybridized carbons (Fsp3) is 0.417. The molecule has 16 heavy (non-hydrogen) atoms. The van der Waals surface area contributed by atoms with Crippen molar-refractivity contribution in [3.63, 3.8) is 0 Å². The topological polar surface area (TPSA) is 49.8 Å². The van der Waals surface area contributed by atoms with E-state index < -0.39 is 6.10 Å². The maximum absolute atomic E-state index is 11.7. The molecule has 2 heterocycles. The zero-order valence-corrected chi connectivity index (χ0v) is 8.74. The number of fused-ring (bicyclic) bond motifs is 1. The molecule has 3 rings (SSSR count). The van der Waals surface area contributed by atoms with Crippen molar-refractivity contribution in [3.8, 4) is 0 Å². The molecule has 2 saturated heterocycles. The molecule has 0 aromatic heterocycles. The molecule has 0 radical (unpaired) electrons. The van der Waals surface area contributed by atoms with Gasteiger partial charge in [-0.2, -0.15) is 0 Å². The number of rotatable bonds is 1. The first-order valence-corrected chi connectivity index (χ1v) is 5.43. The number of amides is 1. The maximum Gasteiger partial charge on any atom is 0.227 e. The summed E-state index contributed by atoms with van der Waals surface area (Å²) in [5, 5.41) is 9.69. The van der Waals surface area contributed by atoms with E-state index in [-0.39, 0.29) is 24.6 Å². The SMILES string of the molecule is O=C1C[C@H](O)C2CO[C@H](c3ccccc3)N12. The third kappa shape index (κ3) is 1.34. The van der Waals surface area contributed by atoms with E-state index in [1.807, 2.05) is 30.3 Å². The van der Waals surface area contributed by atoms with Crippen LogP contribution < -0.4 is 0 Å². The van der Waals surface area contributed by atoms with Crippen LogP contribution in [0.4, 0.5) is 0 Å². The van der Waals surface area contributed by atoms with E-state index in [4.69, 9.17) is 4.74 Å². The van der Waals surface area contributed by atoms with Gasteiger partial charge < -0.3 is 14.7 Å². The summed E-state index contributed by atoms with van der Waals surface area (Å²) < 4.78 is 5.59. The number of nitrogens with zero attached hydrogens (tertiary/aromatic N) is 1. The Morgan fingerprint density at radius 3 is 2.81 bits per heavy atom. The zero-order chi connectivity index (χ0) is 11.1. The van der Waals surface area contributed by atoms with Gasteiger partial charge in [-0.15, -0.1) is 0 Å². The lowest BCUT2D eigenvalue weighted by Gasteiger charge is -2.22. The third-order valence-electron chi connectivity index (χ3n) is 3.24. The van der Waals surface area contributed by atoms with Crippen molar-refractivity contribution in [1.82, 2.24) is 4.90 Å². The highest BCUT2D eigenvalue weighted by molar-refractivity contribution is 5.80. The Kier molecular flexibility index (Phi) is 2.19. The molecule has 2 aliphatic heterocycles. The third-order valence-corrected chi connectivity index (χ3v) is 3.24. The maximum atomic E-state index is 11.7. The van der Waals surface area contributed by atoms with E-state index in [1.165, 1.54) is 0 Å². The molecule has 1 amide bonds. The van der Waals surface area contributed by atoms with Crippen LogP contribution in [0.1, 0.15) is 18.2 Å². The Hall–Kier alpha value is -1.39. The standard InChI is InChI=1S/C12H13NO3/c14-10-6-11(15)13-9(10)7-16-12(13)8-4-2-1-3-5-8/h1-5,9-10,12,14H,6-7H2/t9?,10-,12+/m0/s1. The second-order valence-corrected chi connectivity index (χ2v) is 4.24. The number of hydrogen-bond donors (Lipinski definition) is 1. The Balaban J connectivity index is 1.92. The average molecular weight is 219 g/mol. The Bertz CT molecular complexity index is 406. The summed E-state index contributed by atoms with van der Waals surface area (Å²) in [6.07, 6.45) is -0.686. The monoisotopic (exact) mass is 219 g/mol. The van der Waals surface area contributed by atoms with Crippen molar-refractivity contribution < 1.29 is 14.6 Å². The number of ether oxygens (including phenoxy) is 1. The molecule has 0 saturated carbocycles. The Labute approximate surface area is 93.4 Å². The number of benzene rings is 1. The van der Waals surface area contributed by atoms with Gasteiger partial charge in [0, 0.05) is 5.56 Å².